The van der Waals surface area contributed by atoms with E-state index in [2.05, 4.69) is 19.2 Å². The van der Waals surface area contributed by atoms with Crippen molar-refractivity contribution in [1.82, 2.24) is 4.90 Å². The molecule has 6 heteroatoms. The number of anilines is 1. The minimum atomic E-state index is -0.522. The van der Waals surface area contributed by atoms with Gasteiger partial charge in [-0.2, -0.15) is 0 Å². The molecule has 25 heavy (non-hydrogen) atoms. The van der Waals surface area contributed by atoms with E-state index in [4.69, 9.17) is 4.74 Å². The molecular formula is C19H28N2O3S. The molecule has 0 aliphatic carbocycles. The average Bonchev–Trinajstić information content (AvgIpc) is 3.03. The lowest BCUT2D eigenvalue weighted by atomic mass is 10.1. The second-order valence-electron chi connectivity index (χ2n) is 6.88. The summed E-state index contributed by atoms with van der Waals surface area (Å²) in [5.41, 5.74) is 1.84. The Balaban J connectivity index is 1.94. The van der Waals surface area contributed by atoms with Crippen LogP contribution in [0.2, 0.25) is 0 Å². The number of ether oxygens (including phenoxy) is 1. The zero-order valence-corrected chi connectivity index (χ0v) is 16.3. The van der Waals surface area contributed by atoms with E-state index in [0.717, 1.165) is 17.7 Å². The highest BCUT2D eigenvalue weighted by Crippen LogP contribution is 2.24. The van der Waals surface area contributed by atoms with Gasteiger partial charge < -0.3 is 15.0 Å². The third-order valence-corrected chi connectivity index (χ3v) is 5.18. The number of carbonyl (C=O) groups is 2. The van der Waals surface area contributed by atoms with Gasteiger partial charge in [0.2, 0.25) is 5.91 Å². The summed E-state index contributed by atoms with van der Waals surface area (Å²) >= 11 is 1.60. The Hall–Kier alpha value is -1.53. The molecule has 1 aliphatic rings. The van der Waals surface area contributed by atoms with Gasteiger partial charge in [0.25, 0.3) is 5.91 Å². The van der Waals surface area contributed by atoms with Crippen molar-refractivity contribution in [3.05, 3.63) is 29.8 Å². The van der Waals surface area contributed by atoms with Crippen LogP contribution in [0.5, 0.6) is 0 Å². The van der Waals surface area contributed by atoms with Gasteiger partial charge in [-0.25, -0.2) is 0 Å². The molecule has 5 nitrogen and oxygen atoms in total. The van der Waals surface area contributed by atoms with Crippen LogP contribution in [0.3, 0.4) is 0 Å². The number of carbonyl (C=O) groups excluding carboxylic acids is 2. The molecule has 1 N–H and O–H groups in total. The molecule has 138 valence electrons. The molecule has 1 aromatic rings. The molecule has 0 spiro atoms. The highest BCUT2D eigenvalue weighted by atomic mass is 32.2. The number of aryl methyl sites for hydroxylation is 1. The number of nitrogens with one attached hydrogen (secondary N) is 1. The SMILES string of the molecule is Cc1cccc(NC(=O)C2CSCN2C(=O)C(C)OCCC(C)C)c1. The van der Waals surface area contributed by atoms with Crippen molar-refractivity contribution in [3.8, 4) is 0 Å². The van der Waals surface area contributed by atoms with Crippen LogP contribution in [0, 0.1) is 12.8 Å². The van der Waals surface area contributed by atoms with E-state index in [1.807, 2.05) is 31.2 Å². The van der Waals surface area contributed by atoms with Gasteiger partial charge in [-0.15, -0.1) is 11.8 Å². The lowest BCUT2D eigenvalue weighted by Crippen LogP contribution is -2.48. The van der Waals surface area contributed by atoms with Crippen LogP contribution in [0.15, 0.2) is 24.3 Å². The molecule has 2 rings (SSSR count). The van der Waals surface area contributed by atoms with Crippen molar-refractivity contribution in [2.75, 3.05) is 23.6 Å². The molecule has 0 aromatic heterocycles. The summed E-state index contributed by atoms with van der Waals surface area (Å²) in [6.07, 6.45) is 0.399. The summed E-state index contributed by atoms with van der Waals surface area (Å²) in [4.78, 5) is 26.9. The van der Waals surface area contributed by atoms with E-state index in [1.54, 1.807) is 23.6 Å². The summed E-state index contributed by atoms with van der Waals surface area (Å²) in [6.45, 7) is 8.55. The van der Waals surface area contributed by atoms with Gasteiger partial charge in [-0.1, -0.05) is 26.0 Å². The first-order chi connectivity index (χ1) is 11.9. The van der Waals surface area contributed by atoms with Crippen LogP contribution in [-0.2, 0) is 14.3 Å². The molecule has 0 radical (unpaired) electrons. The fraction of sp³-hybridized carbons (Fsp3) is 0.579. The normalized spacial score (nSPS) is 18.4. The first-order valence-corrected chi connectivity index (χ1v) is 9.91. The lowest BCUT2D eigenvalue weighted by molar-refractivity contribution is -0.145. The van der Waals surface area contributed by atoms with Crippen molar-refractivity contribution in [3.63, 3.8) is 0 Å². The summed E-state index contributed by atoms with van der Waals surface area (Å²) in [5.74, 6) is 1.43. The highest BCUT2D eigenvalue weighted by molar-refractivity contribution is 7.99. The summed E-state index contributed by atoms with van der Waals surface area (Å²) in [7, 11) is 0. The van der Waals surface area contributed by atoms with Crippen molar-refractivity contribution in [1.29, 1.82) is 0 Å². The summed E-state index contributed by atoms with van der Waals surface area (Å²) in [5, 5.41) is 2.92. The van der Waals surface area contributed by atoms with Crippen LogP contribution in [-0.4, -0.2) is 47.1 Å². The predicted octanol–water partition coefficient (Wildman–Crippen LogP) is 3.29. The molecule has 1 aliphatic heterocycles. The number of hydrogen-bond acceptors (Lipinski definition) is 4. The number of rotatable bonds is 7. The number of nitrogens with zero attached hydrogens (tertiary/aromatic N) is 1. The maximum atomic E-state index is 12.7. The number of hydrogen-bond donors (Lipinski definition) is 1. The van der Waals surface area contributed by atoms with E-state index in [0.29, 0.717) is 24.2 Å². The quantitative estimate of drug-likeness (QED) is 0.807. The lowest BCUT2D eigenvalue weighted by Gasteiger charge is -2.26. The van der Waals surface area contributed by atoms with Crippen molar-refractivity contribution >= 4 is 29.3 Å². The Morgan fingerprint density at radius 3 is 2.80 bits per heavy atom. The topological polar surface area (TPSA) is 58.6 Å². The number of amides is 2. The maximum Gasteiger partial charge on any atom is 0.252 e. The van der Waals surface area contributed by atoms with Crippen LogP contribution in [0.25, 0.3) is 0 Å². The second kappa shape index (κ2) is 9.25. The van der Waals surface area contributed by atoms with Crippen molar-refractivity contribution in [2.24, 2.45) is 5.92 Å². The van der Waals surface area contributed by atoms with E-state index in [9.17, 15) is 9.59 Å². The predicted molar refractivity (Wildman–Crippen MR) is 103 cm³/mol. The minimum Gasteiger partial charge on any atom is -0.369 e. The molecule has 1 aromatic carbocycles. The third-order valence-electron chi connectivity index (χ3n) is 4.16. The van der Waals surface area contributed by atoms with E-state index < -0.39 is 12.1 Å². The van der Waals surface area contributed by atoms with E-state index in [-0.39, 0.29) is 11.8 Å². The van der Waals surface area contributed by atoms with Gasteiger partial charge in [0.1, 0.15) is 12.1 Å². The smallest absolute Gasteiger partial charge is 0.252 e. The van der Waals surface area contributed by atoms with Gasteiger partial charge >= 0.3 is 0 Å². The zero-order chi connectivity index (χ0) is 18.4. The third kappa shape index (κ3) is 5.75. The molecule has 1 heterocycles. The summed E-state index contributed by atoms with van der Waals surface area (Å²) < 4.78 is 5.66. The largest absolute Gasteiger partial charge is 0.369 e. The van der Waals surface area contributed by atoms with Crippen LogP contribution < -0.4 is 5.32 Å². The monoisotopic (exact) mass is 364 g/mol. The Morgan fingerprint density at radius 2 is 2.12 bits per heavy atom. The highest BCUT2D eigenvalue weighted by Gasteiger charge is 2.36. The standard InChI is InChI=1S/C19H28N2O3S/c1-13(2)8-9-24-15(4)19(23)21-12-25-11-17(21)18(22)20-16-7-5-6-14(3)10-16/h5-7,10,13,15,17H,8-9,11-12H2,1-4H3,(H,20,22). The van der Waals surface area contributed by atoms with Gasteiger partial charge in [-0.3, -0.25) is 9.59 Å². The first kappa shape index (κ1) is 19.8. The number of thioether (sulfide) groups is 1. The van der Waals surface area contributed by atoms with E-state index in [1.165, 1.54) is 0 Å². The Morgan fingerprint density at radius 1 is 1.36 bits per heavy atom. The van der Waals surface area contributed by atoms with Gasteiger partial charge in [0, 0.05) is 18.0 Å². The summed E-state index contributed by atoms with van der Waals surface area (Å²) in [6, 6.07) is 7.21. The van der Waals surface area contributed by atoms with Crippen LogP contribution >= 0.6 is 11.8 Å². The molecule has 2 amide bonds. The van der Waals surface area contributed by atoms with Crippen LogP contribution in [0.4, 0.5) is 5.69 Å². The van der Waals surface area contributed by atoms with Crippen LogP contribution in [0.1, 0.15) is 32.8 Å². The molecule has 0 saturated carbocycles. The molecule has 2 unspecified atom stereocenters. The number of benzene rings is 1. The Kier molecular flexibility index (Phi) is 7.32. The van der Waals surface area contributed by atoms with Crippen molar-refractivity contribution < 1.29 is 14.3 Å². The van der Waals surface area contributed by atoms with Gasteiger partial charge in [0.05, 0.1) is 5.88 Å². The maximum absolute atomic E-state index is 12.7. The fourth-order valence-electron chi connectivity index (χ4n) is 2.61. The van der Waals surface area contributed by atoms with Gasteiger partial charge in [-0.05, 0) is 43.9 Å². The zero-order valence-electron chi connectivity index (χ0n) is 15.5. The Bertz CT molecular complexity index is 606. The van der Waals surface area contributed by atoms with E-state index >= 15 is 0 Å². The molecule has 2 atom stereocenters. The van der Waals surface area contributed by atoms with Gasteiger partial charge in [0.15, 0.2) is 0 Å². The average molecular weight is 365 g/mol. The Labute approximate surface area is 154 Å². The fourth-order valence-corrected chi connectivity index (χ4v) is 3.77. The molecule has 1 fully saturated rings. The minimum absolute atomic E-state index is 0.113. The molecule has 1 saturated heterocycles. The molecular weight excluding hydrogens is 336 g/mol. The second-order valence-corrected chi connectivity index (χ2v) is 7.88. The first-order valence-electron chi connectivity index (χ1n) is 8.76. The molecule has 0 bridgehead atoms. The van der Waals surface area contributed by atoms with Crippen molar-refractivity contribution in [2.45, 2.75) is 46.3 Å².